The summed E-state index contributed by atoms with van der Waals surface area (Å²) in [6.07, 6.45) is 1.37. The molecule has 3 rings (SSSR count). The molecule has 3 aromatic carbocycles. The SMILES string of the molecule is O=C(CO/N=C/c1cc(Cl)ccc1OCc1ccccc1F)Nc1ccc(Cl)cc1. The highest BCUT2D eigenvalue weighted by atomic mass is 35.5. The van der Waals surface area contributed by atoms with Crippen molar-refractivity contribution in [1.82, 2.24) is 0 Å². The third-order valence-corrected chi connectivity index (χ3v) is 4.39. The minimum atomic E-state index is -0.378. The normalized spacial score (nSPS) is 10.8. The van der Waals surface area contributed by atoms with Crippen LogP contribution in [0.1, 0.15) is 11.1 Å². The number of ether oxygens (including phenoxy) is 1. The van der Waals surface area contributed by atoms with Crippen LogP contribution in [-0.2, 0) is 16.2 Å². The van der Waals surface area contributed by atoms with E-state index < -0.39 is 0 Å². The summed E-state index contributed by atoms with van der Waals surface area (Å²) in [5, 5.41) is 7.49. The van der Waals surface area contributed by atoms with Gasteiger partial charge in [0.25, 0.3) is 5.91 Å². The maximum Gasteiger partial charge on any atom is 0.265 e. The Labute approximate surface area is 183 Å². The fourth-order valence-corrected chi connectivity index (χ4v) is 2.75. The molecule has 154 valence electrons. The van der Waals surface area contributed by atoms with Gasteiger partial charge in [0.2, 0.25) is 0 Å². The van der Waals surface area contributed by atoms with E-state index in [0.29, 0.717) is 32.6 Å². The van der Waals surface area contributed by atoms with E-state index in [1.54, 1.807) is 60.7 Å². The Kier molecular flexibility index (Phi) is 7.65. The lowest BCUT2D eigenvalue weighted by atomic mass is 10.2. The van der Waals surface area contributed by atoms with Crippen LogP contribution in [0.25, 0.3) is 0 Å². The largest absolute Gasteiger partial charge is 0.488 e. The zero-order chi connectivity index (χ0) is 21.3. The number of amides is 1. The van der Waals surface area contributed by atoms with Gasteiger partial charge in [0, 0.05) is 26.9 Å². The summed E-state index contributed by atoms with van der Waals surface area (Å²) in [6, 6.07) is 18.0. The molecule has 0 aliphatic heterocycles. The third-order valence-electron chi connectivity index (χ3n) is 3.90. The van der Waals surface area contributed by atoms with Crippen molar-refractivity contribution in [2.45, 2.75) is 6.61 Å². The lowest BCUT2D eigenvalue weighted by Gasteiger charge is -2.10. The van der Waals surface area contributed by atoms with E-state index in [1.165, 1.54) is 12.3 Å². The number of anilines is 1. The average Bonchev–Trinajstić information content (AvgIpc) is 2.73. The first-order valence-corrected chi connectivity index (χ1v) is 9.63. The molecule has 0 aliphatic carbocycles. The molecule has 3 aromatic rings. The molecule has 0 bridgehead atoms. The molecule has 0 unspecified atom stereocenters. The van der Waals surface area contributed by atoms with E-state index in [2.05, 4.69) is 10.5 Å². The Bertz CT molecular complexity index is 1040. The molecule has 0 spiro atoms. The standard InChI is InChI=1S/C22H17Cl2FN2O3/c23-17-5-8-19(9-6-17)27-22(28)14-30-26-12-16-11-18(24)7-10-21(16)29-13-15-3-1-2-4-20(15)25/h1-12H,13-14H2,(H,27,28)/b26-12+. The molecular formula is C22H17Cl2FN2O3. The lowest BCUT2D eigenvalue weighted by molar-refractivity contribution is -0.120. The van der Waals surface area contributed by atoms with E-state index in [0.717, 1.165) is 0 Å². The molecule has 0 heterocycles. The van der Waals surface area contributed by atoms with Crippen LogP contribution in [-0.4, -0.2) is 18.7 Å². The van der Waals surface area contributed by atoms with E-state index in [9.17, 15) is 9.18 Å². The summed E-state index contributed by atoms with van der Waals surface area (Å²) < 4.78 is 19.5. The van der Waals surface area contributed by atoms with Crippen molar-refractivity contribution in [2.24, 2.45) is 5.16 Å². The maximum absolute atomic E-state index is 13.8. The van der Waals surface area contributed by atoms with Gasteiger partial charge >= 0.3 is 0 Å². The minimum Gasteiger partial charge on any atom is -0.488 e. The molecule has 30 heavy (non-hydrogen) atoms. The second kappa shape index (κ2) is 10.6. The first-order chi connectivity index (χ1) is 14.5. The number of hydrogen-bond acceptors (Lipinski definition) is 4. The van der Waals surface area contributed by atoms with Gasteiger partial charge in [-0.2, -0.15) is 0 Å². The maximum atomic E-state index is 13.8. The number of nitrogens with one attached hydrogen (secondary N) is 1. The molecule has 0 atom stereocenters. The van der Waals surface area contributed by atoms with Gasteiger partial charge < -0.3 is 14.9 Å². The predicted molar refractivity (Wildman–Crippen MR) is 116 cm³/mol. The Morgan fingerprint density at radius 1 is 1.03 bits per heavy atom. The zero-order valence-corrected chi connectivity index (χ0v) is 17.2. The van der Waals surface area contributed by atoms with Gasteiger partial charge in [-0.1, -0.05) is 46.6 Å². The van der Waals surface area contributed by atoms with Crippen molar-refractivity contribution in [1.29, 1.82) is 0 Å². The number of benzene rings is 3. The molecular weight excluding hydrogens is 430 g/mol. The second-order valence-corrected chi connectivity index (χ2v) is 7.00. The Morgan fingerprint density at radius 2 is 1.77 bits per heavy atom. The quantitative estimate of drug-likeness (QED) is 0.356. The van der Waals surface area contributed by atoms with Crippen molar-refractivity contribution in [3.63, 3.8) is 0 Å². The summed E-state index contributed by atoms with van der Waals surface area (Å²) in [6.45, 7) is -0.245. The number of carbonyl (C=O) groups excluding carboxylic acids is 1. The number of rotatable bonds is 8. The molecule has 0 saturated heterocycles. The van der Waals surface area contributed by atoms with Gasteiger partial charge in [0.15, 0.2) is 6.61 Å². The van der Waals surface area contributed by atoms with Crippen LogP contribution in [0.2, 0.25) is 10.0 Å². The van der Waals surface area contributed by atoms with Crippen LogP contribution in [0, 0.1) is 5.82 Å². The van der Waals surface area contributed by atoms with Gasteiger partial charge in [-0.15, -0.1) is 0 Å². The topological polar surface area (TPSA) is 59.9 Å². The molecule has 1 amide bonds. The Hall–Kier alpha value is -3.09. The monoisotopic (exact) mass is 446 g/mol. The highest BCUT2D eigenvalue weighted by Gasteiger charge is 2.07. The van der Waals surface area contributed by atoms with Gasteiger partial charge in [-0.05, 0) is 48.5 Å². The van der Waals surface area contributed by atoms with Crippen LogP contribution >= 0.6 is 23.2 Å². The lowest BCUT2D eigenvalue weighted by Crippen LogP contribution is -2.16. The van der Waals surface area contributed by atoms with Gasteiger partial charge in [0.05, 0.1) is 6.21 Å². The first kappa shape index (κ1) is 21.6. The van der Waals surface area contributed by atoms with Crippen LogP contribution in [0.15, 0.2) is 71.9 Å². The van der Waals surface area contributed by atoms with Crippen molar-refractivity contribution in [3.8, 4) is 5.75 Å². The molecule has 0 saturated carbocycles. The number of carbonyl (C=O) groups is 1. The molecule has 0 radical (unpaired) electrons. The summed E-state index contributed by atoms with van der Waals surface area (Å²) in [5.41, 5.74) is 1.54. The van der Waals surface area contributed by atoms with Gasteiger partial charge in [-0.3, -0.25) is 4.79 Å². The number of hydrogen-bond donors (Lipinski definition) is 1. The van der Waals surface area contributed by atoms with Gasteiger partial charge in [-0.25, -0.2) is 4.39 Å². The molecule has 0 aromatic heterocycles. The first-order valence-electron chi connectivity index (χ1n) is 8.88. The van der Waals surface area contributed by atoms with E-state index in [1.807, 2.05) is 0 Å². The number of halogens is 3. The minimum absolute atomic E-state index is 0.0412. The number of nitrogens with zero attached hydrogens (tertiary/aromatic N) is 1. The smallest absolute Gasteiger partial charge is 0.265 e. The molecule has 8 heteroatoms. The second-order valence-electron chi connectivity index (χ2n) is 6.13. The van der Waals surface area contributed by atoms with E-state index in [4.69, 9.17) is 32.8 Å². The molecule has 0 aliphatic rings. The third kappa shape index (κ3) is 6.47. The fourth-order valence-electron chi connectivity index (χ4n) is 2.44. The summed E-state index contributed by atoms with van der Waals surface area (Å²) in [4.78, 5) is 16.9. The highest BCUT2D eigenvalue weighted by molar-refractivity contribution is 6.31. The number of oxime groups is 1. The van der Waals surface area contributed by atoms with Crippen LogP contribution in [0.5, 0.6) is 5.75 Å². The molecule has 0 fully saturated rings. The summed E-state index contributed by atoms with van der Waals surface area (Å²) in [7, 11) is 0. The van der Waals surface area contributed by atoms with Crippen LogP contribution < -0.4 is 10.1 Å². The summed E-state index contributed by atoms with van der Waals surface area (Å²) in [5.74, 6) is -0.283. The predicted octanol–water partition coefficient (Wildman–Crippen LogP) is 5.70. The molecule has 1 N–H and O–H groups in total. The van der Waals surface area contributed by atoms with Crippen molar-refractivity contribution in [3.05, 3.63) is 93.7 Å². The van der Waals surface area contributed by atoms with Crippen molar-refractivity contribution in [2.75, 3.05) is 11.9 Å². The van der Waals surface area contributed by atoms with Crippen LogP contribution in [0.3, 0.4) is 0 Å². The summed E-state index contributed by atoms with van der Waals surface area (Å²) >= 11 is 11.8. The Morgan fingerprint density at radius 3 is 2.53 bits per heavy atom. The Balaban J connectivity index is 1.56. The fraction of sp³-hybridized carbons (Fsp3) is 0.0909. The van der Waals surface area contributed by atoms with E-state index >= 15 is 0 Å². The molecule has 5 nitrogen and oxygen atoms in total. The van der Waals surface area contributed by atoms with Crippen molar-refractivity contribution >= 4 is 41.0 Å². The zero-order valence-electron chi connectivity index (χ0n) is 15.6. The van der Waals surface area contributed by atoms with E-state index in [-0.39, 0.29) is 24.9 Å². The van der Waals surface area contributed by atoms with Crippen LogP contribution in [0.4, 0.5) is 10.1 Å². The van der Waals surface area contributed by atoms with Gasteiger partial charge in [0.1, 0.15) is 18.2 Å². The highest BCUT2D eigenvalue weighted by Crippen LogP contribution is 2.23. The van der Waals surface area contributed by atoms with Crippen molar-refractivity contribution < 1.29 is 18.8 Å². The average molecular weight is 447 g/mol.